The number of rotatable bonds is 6. The molecule has 2 aromatic carbocycles. The van der Waals surface area contributed by atoms with E-state index in [2.05, 4.69) is 20.6 Å². The van der Waals surface area contributed by atoms with Crippen molar-refractivity contribution in [2.45, 2.75) is 20.3 Å². The van der Waals surface area contributed by atoms with Crippen molar-refractivity contribution in [1.29, 1.82) is 0 Å². The molecule has 2 N–H and O–H groups in total. The van der Waals surface area contributed by atoms with Gasteiger partial charge in [0.2, 0.25) is 0 Å². The molecule has 27 heavy (non-hydrogen) atoms. The summed E-state index contributed by atoms with van der Waals surface area (Å²) in [6.07, 6.45) is 1.85. The molecule has 0 spiro atoms. The van der Waals surface area contributed by atoms with E-state index in [-0.39, 0.29) is 17.4 Å². The third-order valence-corrected chi connectivity index (χ3v) is 4.28. The number of carbonyl (C=O) groups is 1. The van der Waals surface area contributed by atoms with Gasteiger partial charge < -0.3 is 10.6 Å². The van der Waals surface area contributed by atoms with Crippen molar-refractivity contribution >= 4 is 17.4 Å². The van der Waals surface area contributed by atoms with E-state index in [0.29, 0.717) is 24.3 Å². The molecule has 0 saturated carbocycles. The van der Waals surface area contributed by atoms with Gasteiger partial charge in [-0.2, -0.15) is 0 Å². The van der Waals surface area contributed by atoms with Gasteiger partial charge in [-0.05, 0) is 43.0 Å². The summed E-state index contributed by atoms with van der Waals surface area (Å²) in [5.74, 6) is -0.00407. The van der Waals surface area contributed by atoms with Crippen LogP contribution in [0.2, 0.25) is 0 Å². The molecule has 0 saturated heterocycles. The number of hydrogen-bond acceptors (Lipinski definition) is 4. The zero-order chi connectivity index (χ0) is 19.2. The van der Waals surface area contributed by atoms with E-state index >= 15 is 0 Å². The summed E-state index contributed by atoms with van der Waals surface area (Å²) in [5.41, 5.74) is 3.66. The maximum absolute atomic E-state index is 13.7. The molecule has 0 aliphatic rings. The minimum absolute atomic E-state index is 0.226. The number of carbonyl (C=O) groups excluding carboxylic acids is 1. The zero-order valence-corrected chi connectivity index (χ0v) is 15.3. The summed E-state index contributed by atoms with van der Waals surface area (Å²) in [4.78, 5) is 20.7. The minimum Gasteiger partial charge on any atom is -0.370 e. The number of hydrogen-bond donors (Lipinski definition) is 2. The summed E-state index contributed by atoms with van der Waals surface area (Å²) >= 11 is 0. The minimum atomic E-state index is -0.299. The van der Waals surface area contributed by atoms with Crippen molar-refractivity contribution in [3.05, 3.63) is 83.1 Å². The lowest BCUT2D eigenvalue weighted by Crippen LogP contribution is -2.16. The van der Waals surface area contributed by atoms with Crippen LogP contribution in [0.5, 0.6) is 0 Å². The van der Waals surface area contributed by atoms with Crippen LogP contribution in [0.25, 0.3) is 0 Å². The maximum atomic E-state index is 13.7. The Morgan fingerprint density at radius 2 is 1.78 bits per heavy atom. The van der Waals surface area contributed by atoms with Crippen LogP contribution >= 0.6 is 0 Å². The maximum Gasteiger partial charge on any atom is 0.274 e. The molecule has 3 aromatic rings. The number of para-hydroxylation sites is 1. The van der Waals surface area contributed by atoms with Crippen molar-refractivity contribution in [2.75, 3.05) is 17.2 Å². The van der Waals surface area contributed by atoms with E-state index in [1.165, 1.54) is 12.4 Å². The molecule has 5 nitrogen and oxygen atoms in total. The van der Waals surface area contributed by atoms with Gasteiger partial charge in [0.25, 0.3) is 5.91 Å². The molecular formula is C21H21FN4O. The van der Waals surface area contributed by atoms with E-state index in [0.717, 1.165) is 16.8 Å². The van der Waals surface area contributed by atoms with Crippen LogP contribution < -0.4 is 10.6 Å². The first-order valence-corrected chi connectivity index (χ1v) is 8.71. The van der Waals surface area contributed by atoms with Crippen molar-refractivity contribution < 1.29 is 9.18 Å². The smallest absolute Gasteiger partial charge is 0.274 e. The molecule has 1 aromatic heterocycles. The summed E-state index contributed by atoms with van der Waals surface area (Å²) in [7, 11) is 0. The predicted molar refractivity (Wildman–Crippen MR) is 104 cm³/mol. The number of anilines is 2. The molecular weight excluding hydrogens is 343 g/mol. The van der Waals surface area contributed by atoms with Crippen LogP contribution in [0, 0.1) is 19.7 Å². The predicted octanol–water partition coefficient (Wildman–Crippen LogP) is 4.14. The summed E-state index contributed by atoms with van der Waals surface area (Å²) in [6.45, 7) is 4.38. The van der Waals surface area contributed by atoms with Gasteiger partial charge >= 0.3 is 0 Å². The molecule has 1 amide bonds. The fourth-order valence-corrected chi connectivity index (χ4v) is 2.79. The molecule has 0 aliphatic heterocycles. The highest BCUT2D eigenvalue weighted by molar-refractivity contribution is 6.04. The van der Waals surface area contributed by atoms with Crippen LogP contribution in [-0.2, 0) is 6.42 Å². The Morgan fingerprint density at radius 1 is 1.04 bits per heavy atom. The lowest BCUT2D eigenvalue weighted by atomic mass is 10.1. The second-order valence-corrected chi connectivity index (χ2v) is 6.28. The highest BCUT2D eigenvalue weighted by Gasteiger charge is 2.12. The Balaban J connectivity index is 1.64. The van der Waals surface area contributed by atoms with E-state index in [1.54, 1.807) is 24.3 Å². The van der Waals surface area contributed by atoms with Gasteiger partial charge in [0, 0.05) is 18.3 Å². The van der Waals surface area contributed by atoms with Crippen molar-refractivity contribution in [3.63, 3.8) is 0 Å². The molecule has 138 valence electrons. The first-order valence-electron chi connectivity index (χ1n) is 8.71. The lowest BCUT2D eigenvalue weighted by molar-refractivity contribution is 0.102. The first-order chi connectivity index (χ1) is 13.0. The van der Waals surface area contributed by atoms with Crippen LogP contribution in [0.1, 0.15) is 27.2 Å². The highest BCUT2D eigenvalue weighted by Crippen LogP contribution is 2.20. The Labute approximate surface area is 157 Å². The Hall–Kier alpha value is -3.28. The van der Waals surface area contributed by atoms with Gasteiger partial charge in [0.15, 0.2) is 0 Å². The number of amides is 1. The number of benzene rings is 2. The van der Waals surface area contributed by atoms with Crippen molar-refractivity contribution in [2.24, 2.45) is 0 Å². The first kappa shape index (κ1) is 18.5. The molecule has 1 heterocycles. The Morgan fingerprint density at radius 3 is 2.52 bits per heavy atom. The number of nitrogens with zero attached hydrogens (tertiary/aromatic N) is 2. The van der Waals surface area contributed by atoms with Gasteiger partial charge in [-0.3, -0.25) is 4.79 Å². The second kappa shape index (κ2) is 8.40. The third-order valence-electron chi connectivity index (χ3n) is 4.28. The van der Waals surface area contributed by atoms with E-state index < -0.39 is 0 Å². The van der Waals surface area contributed by atoms with Crippen molar-refractivity contribution in [3.8, 4) is 0 Å². The third kappa shape index (κ3) is 4.67. The van der Waals surface area contributed by atoms with Gasteiger partial charge in [-0.1, -0.05) is 36.4 Å². The normalized spacial score (nSPS) is 10.5. The molecule has 6 heteroatoms. The lowest BCUT2D eigenvalue weighted by Gasteiger charge is -2.11. The fourth-order valence-electron chi connectivity index (χ4n) is 2.79. The summed E-state index contributed by atoms with van der Waals surface area (Å²) in [6, 6.07) is 14.1. The average molecular weight is 364 g/mol. The molecule has 0 unspecified atom stereocenters. The van der Waals surface area contributed by atoms with Crippen LogP contribution in [-0.4, -0.2) is 22.4 Å². The van der Waals surface area contributed by atoms with E-state index in [9.17, 15) is 9.18 Å². The van der Waals surface area contributed by atoms with Crippen molar-refractivity contribution in [1.82, 2.24) is 9.97 Å². The number of nitrogens with one attached hydrogen (secondary N) is 2. The van der Waals surface area contributed by atoms with Gasteiger partial charge in [0.1, 0.15) is 23.7 Å². The highest BCUT2D eigenvalue weighted by atomic mass is 19.1. The standard InChI is InChI=1S/C21H21FN4O/c1-14-6-5-7-15(2)20(14)26-21(27)18-12-19(25-13-24-18)23-11-10-16-8-3-4-9-17(16)22/h3-9,12-13H,10-11H2,1-2H3,(H,26,27)(H,23,24,25). The Kier molecular flexibility index (Phi) is 5.76. The number of halogens is 1. The average Bonchev–Trinajstić information content (AvgIpc) is 2.66. The second-order valence-electron chi connectivity index (χ2n) is 6.28. The molecule has 0 radical (unpaired) electrons. The number of aromatic nitrogens is 2. The molecule has 0 bridgehead atoms. The van der Waals surface area contributed by atoms with Gasteiger partial charge in [0.05, 0.1) is 0 Å². The van der Waals surface area contributed by atoms with Crippen LogP contribution in [0.3, 0.4) is 0 Å². The summed E-state index contributed by atoms with van der Waals surface area (Å²) < 4.78 is 13.7. The number of aryl methyl sites for hydroxylation is 2. The fraction of sp³-hybridized carbons (Fsp3) is 0.190. The quantitative estimate of drug-likeness (QED) is 0.690. The SMILES string of the molecule is Cc1cccc(C)c1NC(=O)c1cc(NCCc2ccccc2F)ncn1. The largest absolute Gasteiger partial charge is 0.370 e. The zero-order valence-electron chi connectivity index (χ0n) is 15.3. The van der Waals surface area contributed by atoms with Crippen LogP contribution in [0.4, 0.5) is 15.9 Å². The monoisotopic (exact) mass is 364 g/mol. The molecule has 0 fully saturated rings. The van der Waals surface area contributed by atoms with E-state index in [4.69, 9.17) is 0 Å². The van der Waals surface area contributed by atoms with Crippen LogP contribution in [0.15, 0.2) is 54.9 Å². The van der Waals surface area contributed by atoms with E-state index in [1.807, 2.05) is 32.0 Å². The molecule has 0 aliphatic carbocycles. The molecule has 3 rings (SSSR count). The molecule has 0 atom stereocenters. The van der Waals surface area contributed by atoms with Gasteiger partial charge in [-0.15, -0.1) is 0 Å². The van der Waals surface area contributed by atoms with Gasteiger partial charge in [-0.25, -0.2) is 14.4 Å². The Bertz CT molecular complexity index is 938. The topological polar surface area (TPSA) is 66.9 Å². The summed E-state index contributed by atoms with van der Waals surface area (Å²) in [5, 5.41) is 6.01.